The fourth-order valence-corrected chi connectivity index (χ4v) is 1.48. The van der Waals surface area contributed by atoms with E-state index in [0.717, 1.165) is 5.69 Å². The van der Waals surface area contributed by atoms with E-state index < -0.39 is 0 Å². The summed E-state index contributed by atoms with van der Waals surface area (Å²) in [5, 5.41) is 0. The Balaban J connectivity index is 2.52. The molecular weight excluding hydrogens is 214 g/mol. The van der Waals surface area contributed by atoms with Crippen LogP contribution in [0.5, 0.6) is 0 Å². The van der Waals surface area contributed by atoms with Crippen molar-refractivity contribution in [3.05, 3.63) is 29.8 Å². The summed E-state index contributed by atoms with van der Waals surface area (Å²) in [6, 6.07) is 3.58. The lowest BCUT2D eigenvalue weighted by Gasteiger charge is -2.07. The maximum Gasteiger partial charge on any atom is 0.180 e. The van der Waals surface area contributed by atoms with Crippen molar-refractivity contribution in [1.82, 2.24) is 19.9 Å². The molecule has 0 aromatic carbocycles. The van der Waals surface area contributed by atoms with Crippen molar-refractivity contribution in [3.8, 4) is 11.5 Å². The number of aromatic nitrogens is 4. The van der Waals surface area contributed by atoms with Gasteiger partial charge in [-0.2, -0.15) is 0 Å². The van der Waals surface area contributed by atoms with Crippen LogP contribution in [0.3, 0.4) is 0 Å². The van der Waals surface area contributed by atoms with E-state index in [0.29, 0.717) is 29.1 Å². The quantitative estimate of drug-likeness (QED) is 0.851. The summed E-state index contributed by atoms with van der Waals surface area (Å²) in [5.74, 6) is 2.02. The number of hydrogen-bond donors (Lipinski definition) is 1. The maximum absolute atomic E-state index is 5.78. The molecule has 0 unspecified atom stereocenters. The third-order valence-electron chi connectivity index (χ3n) is 2.36. The molecule has 2 rings (SSSR count). The van der Waals surface area contributed by atoms with Crippen LogP contribution in [0, 0.1) is 6.92 Å². The highest BCUT2D eigenvalue weighted by Crippen LogP contribution is 2.18. The van der Waals surface area contributed by atoms with Crippen LogP contribution in [-0.2, 0) is 0 Å². The van der Waals surface area contributed by atoms with Crippen LogP contribution >= 0.6 is 0 Å². The van der Waals surface area contributed by atoms with E-state index in [1.165, 1.54) is 0 Å². The first-order chi connectivity index (χ1) is 8.06. The molecule has 88 valence electrons. The number of aryl methyl sites for hydroxylation is 1. The summed E-state index contributed by atoms with van der Waals surface area (Å²) < 4.78 is 0. The molecule has 0 amide bonds. The van der Waals surface area contributed by atoms with E-state index in [1.54, 1.807) is 18.3 Å². The third-order valence-corrected chi connectivity index (χ3v) is 2.36. The summed E-state index contributed by atoms with van der Waals surface area (Å²) >= 11 is 0. The Kier molecular flexibility index (Phi) is 2.99. The third kappa shape index (κ3) is 2.55. The highest BCUT2D eigenvalue weighted by molar-refractivity contribution is 5.51. The minimum absolute atomic E-state index is 0.307. The lowest BCUT2D eigenvalue weighted by molar-refractivity contribution is 0.816. The number of nitrogens with two attached hydrogens (primary N) is 1. The fourth-order valence-electron chi connectivity index (χ4n) is 1.48. The summed E-state index contributed by atoms with van der Waals surface area (Å²) in [6.07, 6.45) is 1.69. The van der Waals surface area contributed by atoms with Gasteiger partial charge in [0.1, 0.15) is 17.3 Å². The van der Waals surface area contributed by atoms with Gasteiger partial charge >= 0.3 is 0 Å². The van der Waals surface area contributed by atoms with Gasteiger partial charge < -0.3 is 5.73 Å². The van der Waals surface area contributed by atoms with E-state index in [1.807, 2.05) is 6.92 Å². The van der Waals surface area contributed by atoms with Crippen LogP contribution in [0.4, 0.5) is 5.82 Å². The zero-order chi connectivity index (χ0) is 12.4. The highest BCUT2D eigenvalue weighted by atomic mass is 15.0. The van der Waals surface area contributed by atoms with Crippen LogP contribution in [-0.4, -0.2) is 19.9 Å². The van der Waals surface area contributed by atoms with Crippen molar-refractivity contribution in [1.29, 1.82) is 0 Å². The molecule has 0 fully saturated rings. The molecule has 0 saturated carbocycles. The zero-order valence-electron chi connectivity index (χ0n) is 10.2. The second kappa shape index (κ2) is 4.45. The number of nitrogen functional groups attached to an aromatic ring is 1. The first-order valence-electron chi connectivity index (χ1n) is 5.50. The first-order valence-corrected chi connectivity index (χ1v) is 5.50. The van der Waals surface area contributed by atoms with Gasteiger partial charge in [-0.1, -0.05) is 13.8 Å². The molecule has 0 spiro atoms. The van der Waals surface area contributed by atoms with Gasteiger partial charge in [-0.05, 0) is 18.9 Å². The molecule has 0 bridgehead atoms. The lowest BCUT2D eigenvalue weighted by Crippen LogP contribution is -2.03. The van der Waals surface area contributed by atoms with Gasteiger partial charge in [-0.25, -0.2) is 19.9 Å². The molecule has 0 radical (unpaired) electrons. The van der Waals surface area contributed by atoms with Crippen molar-refractivity contribution >= 4 is 5.82 Å². The van der Waals surface area contributed by atoms with Gasteiger partial charge in [0.25, 0.3) is 0 Å². The Morgan fingerprint density at radius 1 is 1.18 bits per heavy atom. The van der Waals surface area contributed by atoms with Gasteiger partial charge in [0.15, 0.2) is 5.82 Å². The number of nitrogens with zero attached hydrogens (tertiary/aromatic N) is 4. The minimum atomic E-state index is 0.307. The predicted octanol–water partition coefficient (Wildman–Crippen LogP) is 1.95. The van der Waals surface area contributed by atoms with E-state index in [9.17, 15) is 0 Å². The van der Waals surface area contributed by atoms with E-state index in [-0.39, 0.29) is 0 Å². The molecule has 2 aromatic heterocycles. The SMILES string of the molecule is Cc1nccc(-c2nc(N)cc(C(C)C)n2)n1. The van der Waals surface area contributed by atoms with Crippen LogP contribution in [0.2, 0.25) is 0 Å². The van der Waals surface area contributed by atoms with Crippen molar-refractivity contribution in [3.63, 3.8) is 0 Å². The molecule has 2 heterocycles. The smallest absolute Gasteiger partial charge is 0.180 e. The highest BCUT2D eigenvalue weighted by Gasteiger charge is 2.09. The van der Waals surface area contributed by atoms with Crippen molar-refractivity contribution in [2.24, 2.45) is 0 Å². The Morgan fingerprint density at radius 2 is 1.94 bits per heavy atom. The molecule has 17 heavy (non-hydrogen) atoms. The van der Waals surface area contributed by atoms with Gasteiger partial charge in [0, 0.05) is 18.0 Å². The summed E-state index contributed by atoms with van der Waals surface area (Å²) in [6.45, 7) is 5.96. The topological polar surface area (TPSA) is 77.6 Å². The molecule has 5 heteroatoms. The van der Waals surface area contributed by atoms with Crippen LogP contribution in [0.1, 0.15) is 31.3 Å². The van der Waals surface area contributed by atoms with E-state index in [4.69, 9.17) is 5.73 Å². The van der Waals surface area contributed by atoms with Gasteiger partial charge in [0.2, 0.25) is 0 Å². The zero-order valence-corrected chi connectivity index (χ0v) is 10.2. The molecule has 0 aliphatic heterocycles. The van der Waals surface area contributed by atoms with Gasteiger partial charge in [-0.3, -0.25) is 0 Å². The van der Waals surface area contributed by atoms with E-state index in [2.05, 4.69) is 33.8 Å². The molecule has 0 atom stereocenters. The number of anilines is 1. The summed E-state index contributed by atoms with van der Waals surface area (Å²) in [5.41, 5.74) is 7.40. The molecule has 0 aliphatic rings. The minimum Gasteiger partial charge on any atom is -0.384 e. The van der Waals surface area contributed by atoms with Crippen LogP contribution in [0.15, 0.2) is 18.3 Å². The second-order valence-electron chi connectivity index (χ2n) is 4.19. The summed E-state index contributed by atoms with van der Waals surface area (Å²) in [7, 11) is 0. The molecule has 5 nitrogen and oxygen atoms in total. The van der Waals surface area contributed by atoms with Gasteiger partial charge in [-0.15, -0.1) is 0 Å². The van der Waals surface area contributed by atoms with Crippen LogP contribution < -0.4 is 5.73 Å². The second-order valence-corrected chi connectivity index (χ2v) is 4.19. The Morgan fingerprint density at radius 3 is 2.59 bits per heavy atom. The largest absolute Gasteiger partial charge is 0.384 e. The predicted molar refractivity (Wildman–Crippen MR) is 66.3 cm³/mol. The summed E-state index contributed by atoms with van der Waals surface area (Å²) in [4.78, 5) is 17.0. The number of hydrogen-bond acceptors (Lipinski definition) is 5. The van der Waals surface area contributed by atoms with Gasteiger partial charge in [0.05, 0.1) is 0 Å². The first kappa shape index (κ1) is 11.4. The monoisotopic (exact) mass is 229 g/mol. The maximum atomic E-state index is 5.78. The van der Waals surface area contributed by atoms with Crippen molar-refractivity contribution in [2.75, 3.05) is 5.73 Å². The molecular formula is C12H15N5. The van der Waals surface area contributed by atoms with Crippen molar-refractivity contribution < 1.29 is 0 Å². The number of rotatable bonds is 2. The average Bonchev–Trinajstić information content (AvgIpc) is 2.28. The lowest BCUT2D eigenvalue weighted by atomic mass is 10.1. The molecule has 2 aromatic rings. The van der Waals surface area contributed by atoms with E-state index >= 15 is 0 Å². The molecule has 0 saturated heterocycles. The fraction of sp³-hybridized carbons (Fsp3) is 0.333. The standard InChI is InChI=1S/C12H15N5/c1-7(2)10-6-11(13)17-12(16-10)9-4-5-14-8(3)15-9/h4-7H,1-3H3,(H2,13,16,17). The Labute approximate surface area is 100 Å². The Hall–Kier alpha value is -2.04. The molecule has 2 N–H and O–H groups in total. The normalized spacial score (nSPS) is 10.8. The van der Waals surface area contributed by atoms with Crippen LogP contribution in [0.25, 0.3) is 11.5 Å². The van der Waals surface area contributed by atoms with Crippen molar-refractivity contribution in [2.45, 2.75) is 26.7 Å². The average molecular weight is 229 g/mol. The molecule has 0 aliphatic carbocycles. The Bertz CT molecular complexity index is 536.